The molecule has 0 radical (unpaired) electrons. The van der Waals surface area contributed by atoms with Crippen LogP contribution in [0.3, 0.4) is 0 Å². The normalized spacial score (nSPS) is 31.7. The van der Waals surface area contributed by atoms with Crippen LogP contribution < -0.4 is 0 Å². The van der Waals surface area contributed by atoms with Gasteiger partial charge in [-0.25, -0.2) is 0 Å². The van der Waals surface area contributed by atoms with Crippen molar-refractivity contribution in [3.8, 4) is 0 Å². The van der Waals surface area contributed by atoms with Crippen LogP contribution in [0.4, 0.5) is 0 Å². The number of esters is 1. The van der Waals surface area contributed by atoms with E-state index in [9.17, 15) is 4.79 Å². The molecule has 2 fully saturated rings. The quantitative estimate of drug-likeness (QED) is 0.720. The molecule has 2 unspecified atom stereocenters. The van der Waals surface area contributed by atoms with Crippen LogP contribution in [0.25, 0.3) is 0 Å². The predicted molar refractivity (Wildman–Crippen MR) is 69.4 cm³/mol. The molecule has 0 aromatic heterocycles. The van der Waals surface area contributed by atoms with Gasteiger partial charge in [0.1, 0.15) is 6.04 Å². The number of likely N-dealkylation sites (tertiary alicyclic amines) is 1. The van der Waals surface area contributed by atoms with E-state index in [2.05, 4.69) is 18.7 Å². The van der Waals surface area contributed by atoms with E-state index < -0.39 is 0 Å². The fourth-order valence-electron chi connectivity index (χ4n) is 3.26. The van der Waals surface area contributed by atoms with Crippen LogP contribution in [-0.4, -0.2) is 48.8 Å². The van der Waals surface area contributed by atoms with E-state index in [-0.39, 0.29) is 17.6 Å². The summed E-state index contributed by atoms with van der Waals surface area (Å²) < 4.78 is 10.9. The zero-order valence-electron chi connectivity index (χ0n) is 11.8. The molecule has 4 nitrogen and oxygen atoms in total. The topological polar surface area (TPSA) is 38.8 Å². The smallest absolute Gasteiger partial charge is 0.323 e. The summed E-state index contributed by atoms with van der Waals surface area (Å²) in [6.45, 7) is 6.23. The van der Waals surface area contributed by atoms with Gasteiger partial charge in [-0.2, -0.15) is 0 Å². The molecule has 0 saturated carbocycles. The standard InChI is InChI=1S/C14H25NO3/c1-4-14(5-2)10-11(7-9-18-14)15-8-6-12(15)13(16)17-3/h11-12H,4-10H2,1-3H3. The Morgan fingerprint density at radius 3 is 2.61 bits per heavy atom. The Bertz CT molecular complexity index is 301. The van der Waals surface area contributed by atoms with Crippen molar-refractivity contribution in [1.82, 2.24) is 4.90 Å². The van der Waals surface area contributed by atoms with E-state index in [0.29, 0.717) is 6.04 Å². The van der Waals surface area contributed by atoms with Crippen LogP contribution in [-0.2, 0) is 14.3 Å². The maximum absolute atomic E-state index is 11.7. The van der Waals surface area contributed by atoms with Gasteiger partial charge in [-0.05, 0) is 32.1 Å². The molecule has 0 amide bonds. The van der Waals surface area contributed by atoms with Crippen molar-refractivity contribution in [2.45, 2.75) is 63.6 Å². The lowest BCUT2D eigenvalue weighted by atomic mass is 9.83. The van der Waals surface area contributed by atoms with Crippen LogP contribution in [0.5, 0.6) is 0 Å². The number of nitrogens with zero attached hydrogens (tertiary/aromatic N) is 1. The van der Waals surface area contributed by atoms with Gasteiger partial charge >= 0.3 is 5.97 Å². The van der Waals surface area contributed by atoms with Crippen molar-refractivity contribution < 1.29 is 14.3 Å². The lowest BCUT2D eigenvalue weighted by molar-refractivity contribution is -0.162. The van der Waals surface area contributed by atoms with E-state index in [1.807, 2.05) is 0 Å². The second kappa shape index (κ2) is 5.57. The molecule has 2 heterocycles. The van der Waals surface area contributed by atoms with Crippen LogP contribution in [0, 0.1) is 0 Å². The van der Waals surface area contributed by atoms with Crippen molar-refractivity contribution in [1.29, 1.82) is 0 Å². The molecule has 0 bridgehead atoms. The number of hydrogen-bond acceptors (Lipinski definition) is 4. The highest BCUT2D eigenvalue weighted by Gasteiger charge is 2.44. The molecule has 0 N–H and O–H groups in total. The van der Waals surface area contributed by atoms with Crippen molar-refractivity contribution in [2.24, 2.45) is 0 Å². The fourth-order valence-corrected chi connectivity index (χ4v) is 3.26. The molecule has 2 rings (SSSR count). The monoisotopic (exact) mass is 255 g/mol. The molecule has 0 aromatic carbocycles. The third-order valence-corrected chi connectivity index (χ3v) is 4.76. The first-order chi connectivity index (χ1) is 8.65. The molecule has 0 aliphatic carbocycles. The highest BCUT2D eigenvalue weighted by molar-refractivity contribution is 5.76. The number of hydrogen-bond donors (Lipinski definition) is 0. The van der Waals surface area contributed by atoms with Gasteiger partial charge in [0, 0.05) is 19.2 Å². The SMILES string of the molecule is CCC1(CC)CC(N2CCC2C(=O)OC)CCO1. The minimum absolute atomic E-state index is 0.00971. The second-order valence-electron chi connectivity index (χ2n) is 5.45. The molecule has 2 aliphatic heterocycles. The lowest BCUT2D eigenvalue weighted by Crippen LogP contribution is -2.60. The van der Waals surface area contributed by atoms with Crippen molar-refractivity contribution >= 4 is 5.97 Å². The molecule has 2 saturated heterocycles. The largest absolute Gasteiger partial charge is 0.468 e. The number of carbonyl (C=O) groups excluding carboxylic acids is 1. The van der Waals surface area contributed by atoms with Gasteiger partial charge in [0.05, 0.1) is 12.7 Å². The minimum atomic E-state index is -0.0775. The van der Waals surface area contributed by atoms with Gasteiger partial charge in [-0.15, -0.1) is 0 Å². The van der Waals surface area contributed by atoms with E-state index in [4.69, 9.17) is 9.47 Å². The first-order valence-corrected chi connectivity index (χ1v) is 7.13. The average Bonchev–Trinajstić information content (AvgIpc) is 2.37. The summed E-state index contributed by atoms with van der Waals surface area (Å²) in [4.78, 5) is 14.0. The Morgan fingerprint density at radius 1 is 1.39 bits per heavy atom. The minimum Gasteiger partial charge on any atom is -0.468 e. The Kier molecular flexibility index (Phi) is 4.28. The van der Waals surface area contributed by atoms with Crippen molar-refractivity contribution in [3.63, 3.8) is 0 Å². The number of methoxy groups -OCH3 is 1. The first kappa shape index (κ1) is 13.8. The zero-order valence-corrected chi connectivity index (χ0v) is 11.8. The van der Waals surface area contributed by atoms with Crippen molar-refractivity contribution in [2.75, 3.05) is 20.3 Å². The average molecular weight is 255 g/mol. The van der Waals surface area contributed by atoms with E-state index in [0.717, 1.165) is 45.3 Å². The van der Waals surface area contributed by atoms with Gasteiger partial charge in [-0.1, -0.05) is 13.8 Å². The van der Waals surface area contributed by atoms with E-state index in [1.54, 1.807) is 0 Å². The van der Waals surface area contributed by atoms with Crippen LogP contribution in [0.2, 0.25) is 0 Å². The first-order valence-electron chi connectivity index (χ1n) is 7.13. The Hall–Kier alpha value is -0.610. The molecule has 0 aromatic rings. The highest BCUT2D eigenvalue weighted by atomic mass is 16.5. The molecular weight excluding hydrogens is 230 g/mol. The summed E-state index contributed by atoms with van der Waals surface area (Å²) >= 11 is 0. The number of ether oxygens (including phenoxy) is 2. The van der Waals surface area contributed by atoms with Crippen molar-refractivity contribution in [3.05, 3.63) is 0 Å². The Balaban J connectivity index is 1.99. The molecular formula is C14H25NO3. The van der Waals surface area contributed by atoms with Gasteiger partial charge in [0.15, 0.2) is 0 Å². The molecule has 104 valence electrons. The summed E-state index contributed by atoms with van der Waals surface area (Å²) in [5, 5.41) is 0. The van der Waals surface area contributed by atoms with Gasteiger partial charge in [-0.3, -0.25) is 9.69 Å². The molecule has 2 aliphatic rings. The third kappa shape index (κ3) is 2.41. The summed E-state index contributed by atoms with van der Waals surface area (Å²) in [6.07, 6.45) is 5.13. The lowest BCUT2D eigenvalue weighted by Gasteiger charge is -2.50. The Labute approximate surface area is 110 Å². The number of carbonyl (C=O) groups is 1. The summed E-state index contributed by atoms with van der Waals surface area (Å²) in [7, 11) is 1.48. The maximum atomic E-state index is 11.7. The second-order valence-corrected chi connectivity index (χ2v) is 5.45. The zero-order chi connectivity index (χ0) is 13.2. The van der Waals surface area contributed by atoms with Crippen LogP contribution in [0.1, 0.15) is 46.0 Å². The van der Waals surface area contributed by atoms with Gasteiger partial charge in [0.25, 0.3) is 0 Å². The maximum Gasteiger partial charge on any atom is 0.323 e. The number of rotatable bonds is 4. The third-order valence-electron chi connectivity index (χ3n) is 4.76. The predicted octanol–water partition coefficient (Wildman–Crippen LogP) is 1.97. The van der Waals surface area contributed by atoms with Crippen LogP contribution >= 0.6 is 0 Å². The summed E-state index contributed by atoms with van der Waals surface area (Å²) in [5.74, 6) is -0.0775. The summed E-state index contributed by atoms with van der Waals surface area (Å²) in [6, 6.07) is 0.473. The van der Waals surface area contributed by atoms with Gasteiger partial charge < -0.3 is 9.47 Å². The highest BCUT2D eigenvalue weighted by Crippen LogP contribution is 2.36. The molecule has 4 heteroatoms. The Morgan fingerprint density at radius 2 is 2.11 bits per heavy atom. The van der Waals surface area contributed by atoms with Gasteiger partial charge in [0.2, 0.25) is 0 Å². The van der Waals surface area contributed by atoms with E-state index >= 15 is 0 Å². The summed E-state index contributed by atoms with van der Waals surface area (Å²) in [5.41, 5.74) is 0.0270. The van der Waals surface area contributed by atoms with E-state index in [1.165, 1.54) is 7.11 Å². The molecule has 0 spiro atoms. The van der Waals surface area contributed by atoms with Crippen LogP contribution in [0.15, 0.2) is 0 Å². The molecule has 18 heavy (non-hydrogen) atoms. The fraction of sp³-hybridized carbons (Fsp3) is 0.929. The molecule has 2 atom stereocenters.